The van der Waals surface area contributed by atoms with Crippen molar-refractivity contribution in [1.29, 1.82) is 0 Å². The van der Waals surface area contributed by atoms with Gasteiger partial charge in [-0.1, -0.05) is 20.3 Å². The molecule has 1 saturated heterocycles. The molecule has 0 aromatic carbocycles. The Morgan fingerprint density at radius 2 is 1.73 bits per heavy atom. The highest BCUT2D eigenvalue weighted by Gasteiger charge is 2.20. The van der Waals surface area contributed by atoms with Crippen molar-refractivity contribution in [2.24, 2.45) is 11.8 Å². The van der Waals surface area contributed by atoms with Crippen LogP contribution in [0.25, 0.3) is 0 Å². The molecule has 0 aliphatic carbocycles. The molecule has 2 heteroatoms. The zero-order valence-electron chi connectivity index (χ0n) is 10.8. The van der Waals surface area contributed by atoms with Gasteiger partial charge in [0.15, 0.2) is 0 Å². The highest BCUT2D eigenvalue weighted by molar-refractivity contribution is 4.74. The van der Waals surface area contributed by atoms with Gasteiger partial charge in [-0.25, -0.2) is 0 Å². The topological polar surface area (TPSA) is 15.3 Å². The number of nitrogens with zero attached hydrogens (tertiary/aromatic N) is 1. The molecule has 0 amide bonds. The van der Waals surface area contributed by atoms with Gasteiger partial charge in [-0.2, -0.15) is 0 Å². The van der Waals surface area contributed by atoms with E-state index in [1.807, 2.05) is 7.05 Å². The van der Waals surface area contributed by atoms with Crippen LogP contribution in [0.3, 0.4) is 0 Å². The maximum atomic E-state index is 3.21. The first-order chi connectivity index (χ1) is 7.22. The Balaban J connectivity index is 2.04. The molecule has 1 N–H and O–H groups in total. The molecule has 2 nitrogen and oxygen atoms in total. The van der Waals surface area contributed by atoms with Gasteiger partial charge in [0.2, 0.25) is 0 Å². The van der Waals surface area contributed by atoms with Gasteiger partial charge in [-0.05, 0) is 51.2 Å². The molecule has 2 unspecified atom stereocenters. The number of piperidine rings is 1. The summed E-state index contributed by atoms with van der Waals surface area (Å²) in [5.74, 6) is 1.82. The lowest BCUT2D eigenvalue weighted by atomic mass is 9.92. The molecule has 0 spiro atoms. The highest BCUT2D eigenvalue weighted by atomic mass is 15.1. The van der Waals surface area contributed by atoms with E-state index < -0.39 is 0 Å². The summed E-state index contributed by atoms with van der Waals surface area (Å²) in [6.07, 6.45) is 5.51. The Bertz CT molecular complexity index is 149. The first-order valence-corrected chi connectivity index (χ1v) is 6.59. The SMILES string of the molecule is CNCCCCCN1CC(C)CC(C)C1. The van der Waals surface area contributed by atoms with Crippen LogP contribution < -0.4 is 5.32 Å². The smallest absolute Gasteiger partial charge is 0.000724 e. The van der Waals surface area contributed by atoms with E-state index in [4.69, 9.17) is 0 Å². The van der Waals surface area contributed by atoms with Crippen molar-refractivity contribution in [2.75, 3.05) is 33.2 Å². The second-order valence-electron chi connectivity index (χ2n) is 5.37. The van der Waals surface area contributed by atoms with Crippen molar-refractivity contribution < 1.29 is 0 Å². The molecule has 15 heavy (non-hydrogen) atoms. The summed E-state index contributed by atoms with van der Waals surface area (Å²) < 4.78 is 0. The highest BCUT2D eigenvalue weighted by Crippen LogP contribution is 2.21. The van der Waals surface area contributed by atoms with E-state index in [1.165, 1.54) is 51.9 Å². The standard InChI is InChI=1S/C13H28N2/c1-12-9-13(2)11-15(10-12)8-6-4-5-7-14-3/h12-14H,4-11H2,1-3H3. The Labute approximate surface area is 95.4 Å². The average molecular weight is 212 g/mol. The predicted molar refractivity (Wildman–Crippen MR) is 67.2 cm³/mol. The maximum absolute atomic E-state index is 3.21. The third-order valence-electron chi connectivity index (χ3n) is 3.35. The molecule has 1 heterocycles. The number of hydrogen-bond donors (Lipinski definition) is 1. The number of hydrogen-bond acceptors (Lipinski definition) is 2. The molecular weight excluding hydrogens is 184 g/mol. The fraction of sp³-hybridized carbons (Fsp3) is 1.00. The number of unbranched alkanes of at least 4 members (excludes halogenated alkanes) is 2. The van der Waals surface area contributed by atoms with Crippen LogP contribution in [-0.2, 0) is 0 Å². The minimum Gasteiger partial charge on any atom is -0.320 e. The number of likely N-dealkylation sites (tertiary alicyclic amines) is 1. The van der Waals surface area contributed by atoms with Crippen molar-refractivity contribution >= 4 is 0 Å². The van der Waals surface area contributed by atoms with E-state index in [0.717, 1.165) is 11.8 Å². The van der Waals surface area contributed by atoms with Crippen LogP contribution in [0.2, 0.25) is 0 Å². The molecule has 1 aliphatic rings. The monoisotopic (exact) mass is 212 g/mol. The van der Waals surface area contributed by atoms with Crippen LogP contribution >= 0.6 is 0 Å². The first-order valence-electron chi connectivity index (χ1n) is 6.59. The summed E-state index contributed by atoms with van der Waals surface area (Å²) >= 11 is 0. The van der Waals surface area contributed by atoms with Crippen LogP contribution in [0.1, 0.15) is 39.5 Å². The van der Waals surface area contributed by atoms with Crippen LogP contribution in [0.15, 0.2) is 0 Å². The second kappa shape index (κ2) is 7.24. The van der Waals surface area contributed by atoms with E-state index in [1.54, 1.807) is 0 Å². The van der Waals surface area contributed by atoms with Gasteiger partial charge in [0.25, 0.3) is 0 Å². The van der Waals surface area contributed by atoms with Gasteiger partial charge < -0.3 is 10.2 Å². The summed E-state index contributed by atoms with van der Waals surface area (Å²) in [7, 11) is 2.04. The van der Waals surface area contributed by atoms with Crippen molar-refractivity contribution in [3.8, 4) is 0 Å². The van der Waals surface area contributed by atoms with Gasteiger partial charge in [0.1, 0.15) is 0 Å². The normalized spacial score (nSPS) is 28.2. The van der Waals surface area contributed by atoms with Crippen LogP contribution in [0.4, 0.5) is 0 Å². The minimum absolute atomic E-state index is 0.908. The maximum Gasteiger partial charge on any atom is 0.000724 e. The van der Waals surface area contributed by atoms with E-state index in [9.17, 15) is 0 Å². The lowest BCUT2D eigenvalue weighted by Crippen LogP contribution is -2.39. The predicted octanol–water partition coefficient (Wildman–Crippen LogP) is 2.35. The Morgan fingerprint density at radius 1 is 1.07 bits per heavy atom. The molecule has 0 aromatic heterocycles. The fourth-order valence-electron chi connectivity index (χ4n) is 2.79. The second-order valence-corrected chi connectivity index (χ2v) is 5.37. The molecule has 1 rings (SSSR count). The van der Waals surface area contributed by atoms with Crippen molar-refractivity contribution in [3.05, 3.63) is 0 Å². The average Bonchev–Trinajstić information content (AvgIpc) is 2.16. The first kappa shape index (κ1) is 13.0. The summed E-state index contributed by atoms with van der Waals surface area (Å²) in [5, 5.41) is 3.21. The molecule has 0 bridgehead atoms. The van der Waals surface area contributed by atoms with E-state index in [0.29, 0.717) is 0 Å². The quantitative estimate of drug-likeness (QED) is 0.680. The third kappa shape index (κ3) is 5.53. The Kier molecular flexibility index (Phi) is 6.26. The van der Waals surface area contributed by atoms with Crippen molar-refractivity contribution in [1.82, 2.24) is 10.2 Å². The minimum atomic E-state index is 0.908. The third-order valence-corrected chi connectivity index (χ3v) is 3.35. The van der Waals surface area contributed by atoms with Gasteiger partial charge >= 0.3 is 0 Å². The molecule has 0 radical (unpaired) electrons. The summed E-state index contributed by atoms with van der Waals surface area (Å²) in [6, 6.07) is 0. The summed E-state index contributed by atoms with van der Waals surface area (Å²) in [5.41, 5.74) is 0. The molecule has 1 aliphatic heterocycles. The van der Waals surface area contributed by atoms with Crippen molar-refractivity contribution in [2.45, 2.75) is 39.5 Å². The van der Waals surface area contributed by atoms with Gasteiger partial charge in [0, 0.05) is 13.1 Å². The number of nitrogens with one attached hydrogen (secondary N) is 1. The van der Waals surface area contributed by atoms with E-state index in [-0.39, 0.29) is 0 Å². The molecule has 2 atom stereocenters. The fourth-order valence-corrected chi connectivity index (χ4v) is 2.79. The summed E-state index contributed by atoms with van der Waals surface area (Å²) in [4.78, 5) is 2.66. The lowest BCUT2D eigenvalue weighted by molar-refractivity contribution is 0.139. The zero-order chi connectivity index (χ0) is 11.1. The van der Waals surface area contributed by atoms with E-state index in [2.05, 4.69) is 24.1 Å². The lowest BCUT2D eigenvalue weighted by Gasteiger charge is -2.34. The molecule has 0 aromatic rings. The molecule has 90 valence electrons. The summed E-state index contributed by atoms with van der Waals surface area (Å²) in [6.45, 7) is 9.94. The largest absolute Gasteiger partial charge is 0.320 e. The van der Waals surface area contributed by atoms with Crippen LogP contribution in [0.5, 0.6) is 0 Å². The Hall–Kier alpha value is -0.0800. The van der Waals surface area contributed by atoms with E-state index >= 15 is 0 Å². The Morgan fingerprint density at radius 3 is 2.33 bits per heavy atom. The molecular formula is C13H28N2. The molecule has 1 fully saturated rings. The van der Waals surface area contributed by atoms with Crippen LogP contribution in [0, 0.1) is 11.8 Å². The van der Waals surface area contributed by atoms with Gasteiger partial charge in [0.05, 0.1) is 0 Å². The molecule has 0 saturated carbocycles. The van der Waals surface area contributed by atoms with Gasteiger partial charge in [-0.3, -0.25) is 0 Å². The van der Waals surface area contributed by atoms with Crippen LogP contribution in [-0.4, -0.2) is 38.1 Å². The van der Waals surface area contributed by atoms with Crippen molar-refractivity contribution in [3.63, 3.8) is 0 Å². The number of rotatable bonds is 6. The zero-order valence-corrected chi connectivity index (χ0v) is 10.8. The van der Waals surface area contributed by atoms with Gasteiger partial charge in [-0.15, -0.1) is 0 Å².